The van der Waals surface area contributed by atoms with E-state index in [0.29, 0.717) is 24.9 Å². The summed E-state index contributed by atoms with van der Waals surface area (Å²) in [6, 6.07) is 22.1. The number of nitrogens with zero attached hydrogens (tertiary/aromatic N) is 1. The maximum Gasteiger partial charge on any atom is 0.251 e. The summed E-state index contributed by atoms with van der Waals surface area (Å²) < 4.78 is 20.0. The summed E-state index contributed by atoms with van der Waals surface area (Å²) in [4.78, 5) is 15.9. The number of hydrogen-bond acceptors (Lipinski definition) is 3. The largest absolute Gasteiger partial charge is 0.492 e. The normalized spacial score (nSPS) is 15.4. The van der Waals surface area contributed by atoms with Crippen molar-refractivity contribution in [3.63, 3.8) is 0 Å². The third-order valence-corrected chi connectivity index (χ3v) is 8.20. The molecule has 0 atom stereocenters. The van der Waals surface area contributed by atoms with Crippen molar-refractivity contribution >= 4 is 27.4 Å². The van der Waals surface area contributed by atoms with Gasteiger partial charge in [0, 0.05) is 30.8 Å². The third-order valence-electron chi connectivity index (χ3n) is 7.55. The zero-order valence-corrected chi connectivity index (χ0v) is 24.1. The zero-order chi connectivity index (χ0) is 27.2. The number of amides is 1. The molecular weight excluding hydrogens is 555 g/mol. The second-order valence-corrected chi connectivity index (χ2v) is 11.4. The van der Waals surface area contributed by atoms with Gasteiger partial charge in [-0.05, 0) is 102 Å². The van der Waals surface area contributed by atoms with Crippen LogP contribution in [0, 0.1) is 12.7 Å². The van der Waals surface area contributed by atoms with Gasteiger partial charge in [0.1, 0.15) is 11.6 Å². The van der Waals surface area contributed by atoms with Crippen LogP contribution in [0.15, 0.2) is 76.8 Å². The Morgan fingerprint density at radius 2 is 1.74 bits per heavy atom. The summed E-state index contributed by atoms with van der Waals surface area (Å²) >= 11 is 3.40. The second-order valence-electron chi connectivity index (χ2n) is 10.6. The highest BCUT2D eigenvalue weighted by atomic mass is 79.9. The van der Waals surface area contributed by atoms with Gasteiger partial charge in [0.25, 0.3) is 5.91 Å². The number of nitrogens with one attached hydrogen (secondary N) is 1. The first-order chi connectivity index (χ1) is 19.0. The van der Waals surface area contributed by atoms with E-state index in [9.17, 15) is 9.18 Å². The lowest BCUT2D eigenvalue weighted by molar-refractivity contribution is -0.127. The van der Waals surface area contributed by atoms with Crippen molar-refractivity contribution in [1.29, 1.82) is 0 Å². The van der Waals surface area contributed by atoms with Crippen LogP contribution in [-0.2, 0) is 17.6 Å². The summed E-state index contributed by atoms with van der Waals surface area (Å²) in [5.41, 5.74) is 6.98. The molecule has 0 bridgehead atoms. The van der Waals surface area contributed by atoms with E-state index in [-0.39, 0.29) is 11.7 Å². The smallest absolute Gasteiger partial charge is 0.251 e. The average molecular weight is 592 g/mol. The van der Waals surface area contributed by atoms with Gasteiger partial charge in [-0.1, -0.05) is 54.1 Å². The van der Waals surface area contributed by atoms with Crippen LogP contribution in [0.1, 0.15) is 47.9 Å². The minimum atomic E-state index is -0.305. The Labute approximate surface area is 239 Å². The molecule has 1 N–H and O–H groups in total. The Hall–Kier alpha value is -2.96. The maximum atomic E-state index is 13.8. The summed E-state index contributed by atoms with van der Waals surface area (Å²) in [6.45, 7) is 4.88. The van der Waals surface area contributed by atoms with Gasteiger partial charge >= 0.3 is 0 Å². The Morgan fingerprint density at radius 1 is 1.03 bits per heavy atom. The summed E-state index contributed by atoms with van der Waals surface area (Å²) in [6.07, 6.45) is 5.64. The van der Waals surface area contributed by atoms with Crippen LogP contribution in [-0.4, -0.2) is 43.1 Å². The summed E-state index contributed by atoms with van der Waals surface area (Å²) in [5, 5.41) is 3.43. The molecular formula is C33H36BrFN2O2. The minimum absolute atomic E-state index is 0.191. The van der Waals surface area contributed by atoms with Gasteiger partial charge in [-0.3, -0.25) is 4.79 Å². The number of rotatable bonds is 11. The predicted molar refractivity (Wildman–Crippen MR) is 158 cm³/mol. The molecule has 0 spiro atoms. The van der Waals surface area contributed by atoms with Crippen LogP contribution in [0.2, 0.25) is 0 Å². The molecule has 1 saturated carbocycles. The van der Waals surface area contributed by atoms with Gasteiger partial charge in [0.15, 0.2) is 0 Å². The molecule has 3 aromatic carbocycles. The SMILES string of the molecule is Cc1ccc(CCN(C(=O)C2=C(c3ccc(CCCOc4cc(F)ccc4Br)cc3)CCNC2)C2CC2)cc1. The molecule has 2 aliphatic rings. The molecule has 1 heterocycles. The number of carbonyl (C=O) groups excluding carboxylic acids is 1. The molecule has 0 radical (unpaired) electrons. The molecule has 0 saturated heterocycles. The highest BCUT2D eigenvalue weighted by Crippen LogP contribution is 2.32. The average Bonchev–Trinajstić information content (AvgIpc) is 3.80. The van der Waals surface area contributed by atoms with E-state index in [1.165, 1.54) is 34.4 Å². The highest BCUT2D eigenvalue weighted by molar-refractivity contribution is 9.10. The standard InChI is InChI=1S/C33H36BrFN2O2/c1-23-4-6-25(7-5-23)17-19-37(28-13-14-28)33(38)30-22-36-18-16-29(30)26-10-8-24(9-11-26)3-2-20-39-32-21-27(35)12-15-31(32)34/h4-12,15,21,28,36H,2-3,13-14,16-20,22H2,1H3. The molecule has 5 rings (SSSR count). The van der Waals surface area contributed by atoms with Crippen molar-refractivity contribution in [3.8, 4) is 5.75 Å². The monoisotopic (exact) mass is 590 g/mol. The second kappa shape index (κ2) is 12.9. The Balaban J connectivity index is 1.22. The molecule has 1 amide bonds. The molecule has 6 heteroatoms. The summed E-state index contributed by atoms with van der Waals surface area (Å²) in [7, 11) is 0. The van der Waals surface area contributed by atoms with E-state index < -0.39 is 0 Å². The minimum Gasteiger partial charge on any atom is -0.492 e. The lowest BCUT2D eigenvalue weighted by atomic mass is 9.92. The van der Waals surface area contributed by atoms with Crippen LogP contribution in [0.3, 0.4) is 0 Å². The van der Waals surface area contributed by atoms with Crippen molar-refractivity contribution in [2.75, 3.05) is 26.2 Å². The van der Waals surface area contributed by atoms with E-state index in [1.807, 2.05) is 0 Å². The molecule has 204 valence electrons. The first-order valence-corrected chi connectivity index (χ1v) is 14.7. The first-order valence-electron chi connectivity index (χ1n) is 13.9. The topological polar surface area (TPSA) is 41.6 Å². The van der Waals surface area contributed by atoms with Crippen LogP contribution >= 0.6 is 15.9 Å². The van der Waals surface area contributed by atoms with Crippen molar-refractivity contribution < 1.29 is 13.9 Å². The van der Waals surface area contributed by atoms with E-state index in [2.05, 4.69) is 81.6 Å². The van der Waals surface area contributed by atoms with Crippen molar-refractivity contribution in [1.82, 2.24) is 10.2 Å². The van der Waals surface area contributed by atoms with Crippen LogP contribution < -0.4 is 10.1 Å². The fourth-order valence-corrected chi connectivity index (χ4v) is 5.50. The van der Waals surface area contributed by atoms with E-state index in [4.69, 9.17) is 4.74 Å². The Bertz CT molecular complexity index is 1320. The third kappa shape index (κ3) is 7.37. The van der Waals surface area contributed by atoms with Crippen LogP contribution in [0.25, 0.3) is 5.57 Å². The fourth-order valence-electron chi connectivity index (χ4n) is 5.14. The van der Waals surface area contributed by atoms with E-state index in [0.717, 1.165) is 67.2 Å². The molecule has 3 aromatic rings. The van der Waals surface area contributed by atoms with Gasteiger partial charge in [-0.2, -0.15) is 0 Å². The molecule has 1 fully saturated rings. The predicted octanol–water partition coefficient (Wildman–Crippen LogP) is 6.89. The van der Waals surface area contributed by atoms with E-state index >= 15 is 0 Å². The lowest BCUT2D eigenvalue weighted by Crippen LogP contribution is -2.40. The van der Waals surface area contributed by atoms with Gasteiger partial charge < -0.3 is 15.0 Å². The van der Waals surface area contributed by atoms with Gasteiger partial charge in [0.2, 0.25) is 0 Å². The zero-order valence-electron chi connectivity index (χ0n) is 22.5. The van der Waals surface area contributed by atoms with Crippen LogP contribution in [0.5, 0.6) is 5.75 Å². The summed E-state index contributed by atoms with van der Waals surface area (Å²) in [5.74, 6) is 0.413. The van der Waals surface area contributed by atoms with Gasteiger partial charge in [-0.15, -0.1) is 0 Å². The van der Waals surface area contributed by atoms with Gasteiger partial charge in [0.05, 0.1) is 11.1 Å². The van der Waals surface area contributed by atoms with Crippen molar-refractivity contribution in [2.45, 2.75) is 51.5 Å². The Kier molecular flexibility index (Phi) is 9.15. The quantitative estimate of drug-likeness (QED) is 0.247. The number of ether oxygens (including phenoxy) is 1. The number of hydrogen-bond donors (Lipinski definition) is 1. The molecule has 0 unspecified atom stereocenters. The van der Waals surface area contributed by atoms with E-state index in [1.54, 1.807) is 6.07 Å². The van der Waals surface area contributed by atoms with Crippen molar-refractivity contribution in [3.05, 3.63) is 105 Å². The number of benzene rings is 3. The molecule has 1 aliphatic carbocycles. The molecule has 39 heavy (non-hydrogen) atoms. The molecule has 0 aromatic heterocycles. The molecule has 4 nitrogen and oxygen atoms in total. The number of halogens is 2. The van der Waals surface area contributed by atoms with Crippen molar-refractivity contribution in [2.24, 2.45) is 0 Å². The Morgan fingerprint density at radius 3 is 2.49 bits per heavy atom. The maximum absolute atomic E-state index is 13.8. The number of aryl methyl sites for hydroxylation is 2. The van der Waals surface area contributed by atoms with Crippen LogP contribution in [0.4, 0.5) is 4.39 Å². The first kappa shape index (κ1) is 27.6. The molecule has 1 aliphatic heterocycles. The fraction of sp³-hybridized carbons (Fsp3) is 0.364. The van der Waals surface area contributed by atoms with Gasteiger partial charge in [-0.25, -0.2) is 4.39 Å². The number of carbonyl (C=O) groups is 1. The highest BCUT2D eigenvalue weighted by Gasteiger charge is 2.35. The lowest BCUT2D eigenvalue weighted by Gasteiger charge is -2.28.